The van der Waals surface area contributed by atoms with Gasteiger partial charge in [-0.3, -0.25) is 0 Å². The Morgan fingerprint density at radius 2 is 1.78 bits per heavy atom. The van der Waals surface area contributed by atoms with E-state index < -0.39 is 17.9 Å². The van der Waals surface area contributed by atoms with Crippen molar-refractivity contribution in [2.75, 3.05) is 6.61 Å². The predicted octanol–water partition coefficient (Wildman–Crippen LogP) is 5.97. The number of pyridine rings is 1. The average Bonchev–Trinajstić information content (AvgIpc) is 3.27. The summed E-state index contributed by atoms with van der Waals surface area (Å²) in [4.78, 5) is 9.19. The van der Waals surface area contributed by atoms with Crippen molar-refractivity contribution in [2.24, 2.45) is 0 Å². The summed E-state index contributed by atoms with van der Waals surface area (Å²) in [6, 6.07) is 19.4. The van der Waals surface area contributed by atoms with Crippen molar-refractivity contribution in [3.8, 4) is 17.1 Å². The van der Waals surface area contributed by atoms with E-state index in [2.05, 4.69) is 4.98 Å². The lowest BCUT2D eigenvalue weighted by molar-refractivity contribution is -0.0589. The number of aromatic nitrogens is 3. The van der Waals surface area contributed by atoms with Crippen molar-refractivity contribution in [3.63, 3.8) is 0 Å². The van der Waals surface area contributed by atoms with Crippen LogP contribution in [0.2, 0.25) is 5.02 Å². The van der Waals surface area contributed by atoms with E-state index in [0.29, 0.717) is 57.5 Å². The molecule has 3 aromatic carbocycles. The second-order valence-electron chi connectivity index (χ2n) is 9.91. The molecule has 0 amide bonds. The summed E-state index contributed by atoms with van der Waals surface area (Å²) in [6.45, 7) is 1.20. The Morgan fingerprint density at radius 1 is 0.976 bits per heavy atom. The number of nitrogens with zero attached hydrogens (tertiary/aromatic N) is 3. The summed E-state index contributed by atoms with van der Waals surface area (Å²) in [5.41, 5.74) is 3.63. The summed E-state index contributed by atoms with van der Waals surface area (Å²) >= 11 is 5.81. The van der Waals surface area contributed by atoms with E-state index in [9.17, 15) is 14.6 Å². The lowest BCUT2D eigenvalue weighted by atomic mass is 10.1. The molecule has 0 unspecified atom stereocenters. The SMILES string of the molecule is OC(O)c1ccc2nc(Cc3ccc(-c4cccc(OCc5ccc(Cl)cc5F)n4)cc3F)n(C[C@@H]3CCO3)c2c1. The summed E-state index contributed by atoms with van der Waals surface area (Å²) in [7, 11) is 0. The van der Waals surface area contributed by atoms with E-state index in [0.717, 1.165) is 11.9 Å². The number of aliphatic hydroxyl groups is 2. The first kappa shape index (κ1) is 27.3. The molecular weight excluding hydrogens is 552 g/mol. The van der Waals surface area contributed by atoms with Gasteiger partial charge in [-0.15, -0.1) is 0 Å². The molecule has 41 heavy (non-hydrogen) atoms. The fourth-order valence-corrected chi connectivity index (χ4v) is 4.95. The maximum absolute atomic E-state index is 15.4. The molecule has 6 rings (SSSR count). The number of ether oxygens (including phenoxy) is 2. The maximum Gasteiger partial charge on any atom is 0.214 e. The van der Waals surface area contributed by atoms with Gasteiger partial charge in [0.1, 0.15) is 24.1 Å². The smallest absolute Gasteiger partial charge is 0.214 e. The van der Waals surface area contributed by atoms with Crippen LogP contribution in [0.5, 0.6) is 5.88 Å². The van der Waals surface area contributed by atoms with E-state index >= 15 is 4.39 Å². The zero-order valence-electron chi connectivity index (χ0n) is 21.8. The minimum Gasteiger partial charge on any atom is -0.473 e. The van der Waals surface area contributed by atoms with Crippen LogP contribution in [0.25, 0.3) is 22.3 Å². The average molecular weight is 578 g/mol. The van der Waals surface area contributed by atoms with Crippen LogP contribution in [0.15, 0.2) is 72.8 Å². The highest BCUT2D eigenvalue weighted by Gasteiger charge is 2.23. The predicted molar refractivity (Wildman–Crippen MR) is 149 cm³/mol. The molecule has 1 saturated heterocycles. The molecule has 210 valence electrons. The standard InChI is InChI=1S/C31H26ClF2N3O4/c32-22-8-6-21(25(34)15-22)17-41-30-3-1-2-26(36-30)19-5-4-18(24(33)12-19)14-29-35-27-9-7-20(31(38)39)13-28(27)37(29)16-23-10-11-40-23/h1-9,12-13,15,23,31,38-39H,10-11,14,16-17H2/t23-/m0/s1. The van der Waals surface area contributed by atoms with Crippen LogP contribution in [-0.2, 0) is 24.3 Å². The van der Waals surface area contributed by atoms with E-state index in [4.69, 9.17) is 26.1 Å². The molecular formula is C31H26ClF2N3O4. The van der Waals surface area contributed by atoms with Crippen LogP contribution in [-0.4, -0.2) is 37.5 Å². The quantitative estimate of drug-likeness (QED) is 0.210. The van der Waals surface area contributed by atoms with Gasteiger partial charge in [0, 0.05) is 40.8 Å². The zero-order valence-corrected chi connectivity index (χ0v) is 22.6. The van der Waals surface area contributed by atoms with Crippen molar-refractivity contribution in [1.82, 2.24) is 14.5 Å². The molecule has 0 saturated carbocycles. The Balaban J connectivity index is 1.23. The lowest BCUT2D eigenvalue weighted by Crippen LogP contribution is -2.31. The number of imidazole rings is 1. The van der Waals surface area contributed by atoms with Gasteiger partial charge in [-0.1, -0.05) is 41.9 Å². The highest BCUT2D eigenvalue weighted by molar-refractivity contribution is 6.30. The van der Waals surface area contributed by atoms with E-state index in [1.807, 2.05) is 4.57 Å². The van der Waals surface area contributed by atoms with E-state index in [1.165, 1.54) is 12.1 Å². The zero-order chi connectivity index (χ0) is 28.5. The number of aliphatic hydroxyl groups excluding tert-OH is 1. The van der Waals surface area contributed by atoms with Gasteiger partial charge in [0.05, 0.1) is 29.4 Å². The molecule has 5 aromatic rings. The lowest BCUT2D eigenvalue weighted by Gasteiger charge is -2.27. The first-order valence-corrected chi connectivity index (χ1v) is 13.5. The first-order valence-electron chi connectivity index (χ1n) is 13.1. The molecule has 1 atom stereocenters. The Hall–Kier alpha value is -3.89. The van der Waals surface area contributed by atoms with Crippen LogP contribution in [0.4, 0.5) is 8.78 Å². The van der Waals surface area contributed by atoms with Gasteiger partial charge in [0.25, 0.3) is 0 Å². The Kier molecular flexibility index (Phi) is 7.68. The van der Waals surface area contributed by atoms with E-state index in [-0.39, 0.29) is 25.0 Å². The molecule has 0 bridgehead atoms. The Morgan fingerprint density at radius 3 is 2.51 bits per heavy atom. The van der Waals surface area contributed by atoms with Gasteiger partial charge < -0.3 is 24.3 Å². The van der Waals surface area contributed by atoms with Crippen molar-refractivity contribution >= 4 is 22.6 Å². The second kappa shape index (κ2) is 11.5. The highest BCUT2D eigenvalue weighted by Crippen LogP contribution is 2.28. The molecule has 7 nitrogen and oxygen atoms in total. The highest BCUT2D eigenvalue weighted by atomic mass is 35.5. The Labute approximate surface area is 239 Å². The number of benzene rings is 3. The first-order chi connectivity index (χ1) is 19.8. The normalized spacial score (nSPS) is 14.9. The molecule has 3 heterocycles. The van der Waals surface area contributed by atoms with Crippen molar-refractivity contribution < 1.29 is 28.5 Å². The topological polar surface area (TPSA) is 89.6 Å². The minimum atomic E-state index is -1.60. The molecule has 0 spiro atoms. The fourth-order valence-electron chi connectivity index (χ4n) is 4.79. The van der Waals surface area contributed by atoms with Crippen LogP contribution in [0.1, 0.15) is 35.2 Å². The van der Waals surface area contributed by atoms with Crippen molar-refractivity contribution in [2.45, 2.75) is 38.4 Å². The molecule has 1 fully saturated rings. The van der Waals surface area contributed by atoms with Gasteiger partial charge in [-0.05, 0) is 48.4 Å². The van der Waals surface area contributed by atoms with Gasteiger partial charge in [-0.2, -0.15) is 0 Å². The summed E-state index contributed by atoms with van der Waals surface area (Å²) in [5.74, 6) is 0.0469. The third kappa shape index (κ3) is 5.94. The Bertz CT molecular complexity index is 1720. The van der Waals surface area contributed by atoms with Crippen molar-refractivity contribution in [1.29, 1.82) is 0 Å². The summed E-state index contributed by atoms with van der Waals surface area (Å²) < 4.78 is 42.8. The molecule has 2 N–H and O–H groups in total. The molecule has 1 aliphatic heterocycles. The fraction of sp³-hybridized carbons (Fsp3) is 0.226. The maximum atomic E-state index is 15.4. The van der Waals surface area contributed by atoms with E-state index in [1.54, 1.807) is 60.7 Å². The number of hydrogen-bond donors (Lipinski definition) is 2. The number of hydrogen-bond acceptors (Lipinski definition) is 6. The monoisotopic (exact) mass is 577 g/mol. The molecule has 10 heteroatoms. The van der Waals surface area contributed by atoms with Crippen molar-refractivity contribution in [3.05, 3.63) is 112 Å². The molecule has 1 aliphatic rings. The van der Waals surface area contributed by atoms with Gasteiger partial charge in [0.2, 0.25) is 5.88 Å². The molecule has 0 radical (unpaired) electrons. The number of halogens is 3. The minimum absolute atomic E-state index is 0.0258. The van der Waals surface area contributed by atoms with Crippen LogP contribution >= 0.6 is 11.6 Å². The summed E-state index contributed by atoms with van der Waals surface area (Å²) in [5, 5.41) is 19.6. The van der Waals surface area contributed by atoms with Crippen LogP contribution in [0, 0.1) is 11.6 Å². The number of rotatable bonds is 9. The third-order valence-corrected chi connectivity index (χ3v) is 7.38. The number of fused-ring (bicyclic) bond motifs is 1. The van der Waals surface area contributed by atoms with Crippen LogP contribution < -0.4 is 4.74 Å². The van der Waals surface area contributed by atoms with Gasteiger partial charge >= 0.3 is 0 Å². The van der Waals surface area contributed by atoms with Gasteiger partial charge in [0.15, 0.2) is 6.29 Å². The molecule has 0 aliphatic carbocycles. The van der Waals surface area contributed by atoms with Crippen LogP contribution in [0.3, 0.4) is 0 Å². The third-order valence-electron chi connectivity index (χ3n) is 7.14. The van der Waals surface area contributed by atoms with Gasteiger partial charge in [-0.25, -0.2) is 18.7 Å². The summed E-state index contributed by atoms with van der Waals surface area (Å²) in [6.07, 6.45) is -0.437. The second-order valence-corrected chi connectivity index (χ2v) is 10.3. The largest absolute Gasteiger partial charge is 0.473 e. The molecule has 2 aromatic heterocycles.